The second kappa shape index (κ2) is 6.75. The molecule has 1 rings (SSSR count). The number of anilines is 1. The van der Waals surface area contributed by atoms with Crippen molar-refractivity contribution in [2.24, 2.45) is 0 Å². The monoisotopic (exact) mass is 270 g/mol. The van der Waals surface area contributed by atoms with Gasteiger partial charge in [0.25, 0.3) is 0 Å². The number of nitrogen functional groups attached to an aromatic ring is 1. The van der Waals surface area contributed by atoms with Gasteiger partial charge in [-0.1, -0.05) is 26.2 Å². The fourth-order valence-electron chi connectivity index (χ4n) is 1.74. The summed E-state index contributed by atoms with van der Waals surface area (Å²) < 4.78 is 26.8. The third-order valence-corrected chi connectivity index (χ3v) is 4.39. The fraction of sp³-hybridized carbons (Fsp3) is 0.538. The highest BCUT2D eigenvalue weighted by molar-refractivity contribution is 7.89. The Morgan fingerprint density at radius 1 is 1.22 bits per heavy atom. The topological polar surface area (TPSA) is 72.2 Å². The Morgan fingerprint density at radius 3 is 2.39 bits per heavy atom. The number of rotatable bonds is 7. The van der Waals surface area contributed by atoms with Crippen molar-refractivity contribution in [1.82, 2.24) is 4.72 Å². The molecule has 0 amide bonds. The first kappa shape index (κ1) is 15.0. The SMILES string of the molecule is CCCCCC(C)NS(=O)(=O)c1ccc(N)cc1. The van der Waals surface area contributed by atoms with Crippen LogP contribution in [0.5, 0.6) is 0 Å². The van der Waals surface area contributed by atoms with Crippen molar-refractivity contribution in [2.75, 3.05) is 5.73 Å². The van der Waals surface area contributed by atoms with Crippen LogP contribution >= 0.6 is 0 Å². The summed E-state index contributed by atoms with van der Waals surface area (Å²) >= 11 is 0. The maximum atomic E-state index is 12.0. The molecule has 1 atom stereocenters. The highest BCUT2D eigenvalue weighted by Gasteiger charge is 2.16. The zero-order valence-corrected chi connectivity index (χ0v) is 11.8. The number of unbranched alkanes of at least 4 members (excludes halogenated alkanes) is 2. The third kappa shape index (κ3) is 4.66. The van der Waals surface area contributed by atoms with E-state index in [0.29, 0.717) is 5.69 Å². The van der Waals surface area contributed by atoms with E-state index in [0.717, 1.165) is 25.7 Å². The summed E-state index contributed by atoms with van der Waals surface area (Å²) in [5.41, 5.74) is 6.10. The summed E-state index contributed by atoms with van der Waals surface area (Å²) in [6, 6.07) is 6.19. The summed E-state index contributed by atoms with van der Waals surface area (Å²) in [6.07, 6.45) is 4.18. The number of hydrogen-bond acceptors (Lipinski definition) is 3. The molecule has 0 aliphatic carbocycles. The Hall–Kier alpha value is -1.07. The van der Waals surface area contributed by atoms with E-state index in [1.807, 2.05) is 6.92 Å². The predicted octanol–water partition coefficient (Wildman–Crippen LogP) is 2.52. The van der Waals surface area contributed by atoms with Gasteiger partial charge in [-0.2, -0.15) is 0 Å². The molecule has 0 saturated heterocycles. The van der Waals surface area contributed by atoms with Crippen molar-refractivity contribution in [2.45, 2.75) is 50.5 Å². The van der Waals surface area contributed by atoms with Gasteiger partial charge in [0.05, 0.1) is 4.90 Å². The van der Waals surface area contributed by atoms with Crippen LogP contribution in [0.3, 0.4) is 0 Å². The first-order chi connectivity index (χ1) is 8.45. The second-order valence-electron chi connectivity index (χ2n) is 4.59. The van der Waals surface area contributed by atoms with Crippen molar-refractivity contribution >= 4 is 15.7 Å². The summed E-state index contributed by atoms with van der Waals surface area (Å²) in [4.78, 5) is 0.263. The van der Waals surface area contributed by atoms with Crippen LogP contribution in [0.1, 0.15) is 39.5 Å². The van der Waals surface area contributed by atoms with E-state index in [-0.39, 0.29) is 10.9 Å². The van der Waals surface area contributed by atoms with Crippen LogP contribution in [0.4, 0.5) is 5.69 Å². The van der Waals surface area contributed by atoms with Gasteiger partial charge in [-0.3, -0.25) is 0 Å². The van der Waals surface area contributed by atoms with Crippen molar-refractivity contribution in [3.63, 3.8) is 0 Å². The molecule has 0 radical (unpaired) electrons. The number of hydrogen-bond donors (Lipinski definition) is 2. The number of nitrogens with one attached hydrogen (secondary N) is 1. The Bertz CT molecular complexity index is 454. The minimum Gasteiger partial charge on any atom is -0.399 e. The Balaban J connectivity index is 2.61. The van der Waals surface area contributed by atoms with Crippen LogP contribution < -0.4 is 10.5 Å². The van der Waals surface area contributed by atoms with Gasteiger partial charge in [-0.05, 0) is 37.6 Å². The minimum absolute atomic E-state index is 0.0425. The molecule has 0 aliphatic heterocycles. The van der Waals surface area contributed by atoms with Gasteiger partial charge in [-0.25, -0.2) is 13.1 Å². The fourth-order valence-corrected chi connectivity index (χ4v) is 3.02. The average molecular weight is 270 g/mol. The average Bonchev–Trinajstić information content (AvgIpc) is 2.29. The lowest BCUT2D eigenvalue weighted by Gasteiger charge is -2.14. The molecule has 5 heteroatoms. The van der Waals surface area contributed by atoms with Gasteiger partial charge >= 0.3 is 0 Å². The van der Waals surface area contributed by atoms with E-state index in [1.54, 1.807) is 12.1 Å². The zero-order valence-electron chi connectivity index (χ0n) is 11.0. The van der Waals surface area contributed by atoms with E-state index in [1.165, 1.54) is 12.1 Å². The largest absolute Gasteiger partial charge is 0.399 e. The molecule has 4 nitrogen and oxygen atoms in total. The lowest BCUT2D eigenvalue weighted by Crippen LogP contribution is -2.32. The van der Waals surface area contributed by atoms with E-state index < -0.39 is 10.0 Å². The predicted molar refractivity (Wildman–Crippen MR) is 74.8 cm³/mol. The van der Waals surface area contributed by atoms with E-state index in [9.17, 15) is 8.42 Å². The molecule has 0 heterocycles. The molecule has 102 valence electrons. The molecule has 1 unspecified atom stereocenters. The van der Waals surface area contributed by atoms with E-state index in [2.05, 4.69) is 11.6 Å². The molecule has 1 aromatic carbocycles. The Labute approximate surface area is 110 Å². The summed E-state index contributed by atoms with van der Waals surface area (Å²) in [6.45, 7) is 4.02. The smallest absolute Gasteiger partial charge is 0.240 e. The molecule has 0 bridgehead atoms. The van der Waals surface area contributed by atoms with Crippen LogP contribution in [0.2, 0.25) is 0 Å². The Kier molecular flexibility index (Phi) is 5.62. The maximum Gasteiger partial charge on any atom is 0.240 e. The Morgan fingerprint density at radius 2 is 1.83 bits per heavy atom. The van der Waals surface area contributed by atoms with Crippen LogP contribution in [-0.2, 0) is 10.0 Å². The minimum atomic E-state index is -3.42. The van der Waals surface area contributed by atoms with Crippen LogP contribution in [-0.4, -0.2) is 14.5 Å². The van der Waals surface area contributed by atoms with Crippen molar-refractivity contribution in [3.8, 4) is 0 Å². The lowest BCUT2D eigenvalue weighted by molar-refractivity contribution is 0.527. The second-order valence-corrected chi connectivity index (χ2v) is 6.30. The molecular weight excluding hydrogens is 248 g/mol. The number of benzene rings is 1. The van der Waals surface area contributed by atoms with Gasteiger partial charge in [0, 0.05) is 11.7 Å². The lowest BCUT2D eigenvalue weighted by atomic mass is 10.1. The number of sulfonamides is 1. The zero-order chi connectivity index (χ0) is 13.6. The number of nitrogens with two attached hydrogens (primary N) is 1. The van der Waals surface area contributed by atoms with Crippen LogP contribution in [0.15, 0.2) is 29.2 Å². The van der Waals surface area contributed by atoms with E-state index in [4.69, 9.17) is 5.73 Å². The summed E-state index contributed by atoms with van der Waals surface area (Å²) in [7, 11) is -3.42. The quantitative estimate of drug-likeness (QED) is 0.590. The molecular formula is C13H22N2O2S. The van der Waals surface area contributed by atoms with Gasteiger partial charge in [-0.15, -0.1) is 0 Å². The summed E-state index contributed by atoms with van der Waals surface area (Å²) in [5.74, 6) is 0. The molecule has 0 aliphatic rings. The van der Waals surface area contributed by atoms with Gasteiger partial charge in [0.15, 0.2) is 0 Å². The molecule has 0 aromatic heterocycles. The maximum absolute atomic E-state index is 12.0. The molecule has 0 fully saturated rings. The standard InChI is InChI=1S/C13H22N2O2S/c1-3-4-5-6-11(2)15-18(16,17)13-9-7-12(14)8-10-13/h7-11,15H,3-6,14H2,1-2H3. The van der Waals surface area contributed by atoms with Crippen LogP contribution in [0.25, 0.3) is 0 Å². The van der Waals surface area contributed by atoms with Gasteiger partial charge in [0.2, 0.25) is 10.0 Å². The molecule has 0 saturated carbocycles. The normalized spacial score (nSPS) is 13.4. The molecule has 18 heavy (non-hydrogen) atoms. The van der Waals surface area contributed by atoms with Crippen LogP contribution in [0, 0.1) is 0 Å². The first-order valence-electron chi connectivity index (χ1n) is 6.33. The highest BCUT2D eigenvalue weighted by Crippen LogP contribution is 2.13. The van der Waals surface area contributed by atoms with Crippen molar-refractivity contribution < 1.29 is 8.42 Å². The third-order valence-electron chi connectivity index (χ3n) is 2.79. The molecule has 3 N–H and O–H groups in total. The van der Waals surface area contributed by atoms with Gasteiger partial charge in [0.1, 0.15) is 0 Å². The van der Waals surface area contributed by atoms with Gasteiger partial charge < -0.3 is 5.73 Å². The van der Waals surface area contributed by atoms with Crippen molar-refractivity contribution in [1.29, 1.82) is 0 Å². The van der Waals surface area contributed by atoms with Crippen molar-refractivity contribution in [3.05, 3.63) is 24.3 Å². The molecule has 1 aromatic rings. The molecule has 0 spiro atoms. The highest BCUT2D eigenvalue weighted by atomic mass is 32.2. The summed E-state index contributed by atoms with van der Waals surface area (Å²) in [5, 5.41) is 0. The van der Waals surface area contributed by atoms with E-state index >= 15 is 0 Å². The first-order valence-corrected chi connectivity index (χ1v) is 7.82.